The maximum atomic E-state index is 13.7. The molecular formula is C13H10BrFN4O. The van der Waals surface area contributed by atoms with Crippen molar-refractivity contribution < 1.29 is 4.39 Å². The van der Waals surface area contributed by atoms with Crippen molar-refractivity contribution in [1.29, 1.82) is 5.26 Å². The molecule has 0 aliphatic rings. The lowest BCUT2D eigenvalue weighted by Gasteiger charge is -2.18. The summed E-state index contributed by atoms with van der Waals surface area (Å²) in [5.41, 5.74) is -0.0374. The quantitative estimate of drug-likeness (QED) is 0.932. The normalized spacial score (nSPS) is 10.1. The third-order valence-electron chi connectivity index (χ3n) is 2.66. The fraction of sp³-hybridized carbons (Fsp3) is 0.154. The average Bonchev–Trinajstić information content (AvgIpc) is 2.42. The molecule has 1 aromatic heterocycles. The van der Waals surface area contributed by atoms with E-state index >= 15 is 0 Å². The number of hydrogen-bond donors (Lipinski definition) is 1. The summed E-state index contributed by atoms with van der Waals surface area (Å²) in [4.78, 5) is 19.0. The highest BCUT2D eigenvalue weighted by Crippen LogP contribution is 2.18. The number of hydrogen-bond acceptors (Lipinski definition) is 4. The number of nitriles is 1. The maximum Gasteiger partial charge on any atom is 0.347 e. The predicted molar refractivity (Wildman–Crippen MR) is 75.8 cm³/mol. The van der Waals surface area contributed by atoms with Gasteiger partial charge in [0.15, 0.2) is 0 Å². The molecule has 0 aliphatic heterocycles. The number of H-pyrrole nitrogens is 1. The van der Waals surface area contributed by atoms with E-state index in [4.69, 9.17) is 5.26 Å². The van der Waals surface area contributed by atoms with Crippen molar-refractivity contribution in [3.63, 3.8) is 0 Å². The largest absolute Gasteiger partial charge is 0.355 e. The second-order valence-electron chi connectivity index (χ2n) is 4.16. The molecule has 1 heterocycles. The van der Waals surface area contributed by atoms with E-state index in [-0.39, 0.29) is 18.1 Å². The van der Waals surface area contributed by atoms with Gasteiger partial charge in [0.25, 0.3) is 0 Å². The number of nitrogens with zero attached hydrogens (tertiary/aromatic N) is 3. The molecule has 1 N–H and O–H groups in total. The Balaban J connectivity index is 2.30. The molecule has 2 rings (SSSR count). The van der Waals surface area contributed by atoms with E-state index in [2.05, 4.69) is 25.9 Å². The van der Waals surface area contributed by atoms with Crippen molar-refractivity contribution in [3.05, 3.63) is 56.3 Å². The molecule has 20 heavy (non-hydrogen) atoms. The summed E-state index contributed by atoms with van der Waals surface area (Å²) < 4.78 is 14.4. The maximum absolute atomic E-state index is 13.7. The van der Waals surface area contributed by atoms with Gasteiger partial charge in [-0.1, -0.05) is 15.9 Å². The number of halogens is 2. The number of benzene rings is 1. The number of aromatic amines is 1. The minimum atomic E-state index is -0.611. The van der Waals surface area contributed by atoms with Gasteiger partial charge < -0.3 is 4.90 Å². The van der Waals surface area contributed by atoms with Gasteiger partial charge in [-0.15, -0.1) is 0 Å². The standard InChI is InChI=1S/C13H10BrFN4O/c1-19(7-8-4-9(14)2-3-11(8)15)12-5-10(6-16)17-13(20)18-12/h2-5H,7H2,1H3,(H,17,18,20). The zero-order valence-electron chi connectivity index (χ0n) is 10.5. The topological polar surface area (TPSA) is 72.8 Å². The molecule has 0 saturated carbocycles. The van der Waals surface area contributed by atoms with Crippen LogP contribution in [-0.2, 0) is 6.54 Å². The van der Waals surface area contributed by atoms with Crippen LogP contribution in [-0.4, -0.2) is 17.0 Å². The number of anilines is 1. The Kier molecular flexibility index (Phi) is 4.15. The van der Waals surface area contributed by atoms with Crippen LogP contribution in [0.25, 0.3) is 0 Å². The number of aromatic nitrogens is 2. The Morgan fingerprint density at radius 1 is 1.50 bits per heavy atom. The minimum absolute atomic E-state index is 0.113. The van der Waals surface area contributed by atoms with Gasteiger partial charge in [0.2, 0.25) is 0 Å². The molecule has 2 aromatic rings. The molecule has 7 heteroatoms. The van der Waals surface area contributed by atoms with E-state index in [0.717, 1.165) is 4.47 Å². The minimum Gasteiger partial charge on any atom is -0.355 e. The molecular weight excluding hydrogens is 327 g/mol. The van der Waals surface area contributed by atoms with Gasteiger partial charge in [0, 0.05) is 29.7 Å². The second kappa shape index (κ2) is 5.84. The highest BCUT2D eigenvalue weighted by Gasteiger charge is 2.10. The van der Waals surface area contributed by atoms with Gasteiger partial charge in [-0.05, 0) is 18.2 Å². The third-order valence-corrected chi connectivity index (χ3v) is 3.15. The van der Waals surface area contributed by atoms with E-state index in [1.54, 1.807) is 24.1 Å². The average molecular weight is 337 g/mol. The molecule has 0 fully saturated rings. The first kappa shape index (κ1) is 14.2. The van der Waals surface area contributed by atoms with Crippen molar-refractivity contribution in [2.75, 3.05) is 11.9 Å². The summed E-state index contributed by atoms with van der Waals surface area (Å²) in [6, 6.07) is 7.91. The number of rotatable bonds is 3. The summed E-state index contributed by atoms with van der Waals surface area (Å²) in [5.74, 6) is -0.0323. The first-order chi connectivity index (χ1) is 9.49. The summed E-state index contributed by atoms with van der Waals surface area (Å²) in [7, 11) is 1.67. The van der Waals surface area contributed by atoms with Gasteiger partial charge in [-0.2, -0.15) is 10.2 Å². The molecule has 0 radical (unpaired) electrons. The van der Waals surface area contributed by atoms with Gasteiger partial charge in [-0.3, -0.25) is 4.98 Å². The zero-order chi connectivity index (χ0) is 14.7. The highest BCUT2D eigenvalue weighted by atomic mass is 79.9. The van der Waals surface area contributed by atoms with Crippen LogP contribution in [0.5, 0.6) is 0 Å². The Morgan fingerprint density at radius 2 is 2.25 bits per heavy atom. The predicted octanol–water partition coefficient (Wildman–Crippen LogP) is 2.18. The summed E-state index contributed by atoms with van der Waals surface area (Å²) >= 11 is 3.28. The van der Waals surface area contributed by atoms with Crippen LogP contribution in [0.3, 0.4) is 0 Å². The summed E-state index contributed by atoms with van der Waals surface area (Å²) in [6.45, 7) is 0.229. The Bertz CT molecular complexity index is 738. The first-order valence-electron chi connectivity index (χ1n) is 5.66. The zero-order valence-corrected chi connectivity index (χ0v) is 12.1. The fourth-order valence-corrected chi connectivity index (χ4v) is 2.11. The molecule has 0 aliphatic carbocycles. The molecule has 5 nitrogen and oxygen atoms in total. The lowest BCUT2D eigenvalue weighted by Crippen LogP contribution is -2.23. The SMILES string of the molecule is CN(Cc1cc(Br)ccc1F)c1cc(C#N)[nH]c(=O)n1. The van der Waals surface area contributed by atoms with Crippen molar-refractivity contribution in [3.8, 4) is 6.07 Å². The van der Waals surface area contributed by atoms with E-state index in [0.29, 0.717) is 11.4 Å². The molecule has 0 atom stereocenters. The van der Waals surface area contributed by atoms with Crippen LogP contribution < -0.4 is 10.6 Å². The van der Waals surface area contributed by atoms with Gasteiger partial charge in [0.05, 0.1) is 0 Å². The van der Waals surface area contributed by atoms with E-state index < -0.39 is 5.69 Å². The van der Waals surface area contributed by atoms with Gasteiger partial charge in [-0.25, -0.2) is 9.18 Å². The lowest BCUT2D eigenvalue weighted by molar-refractivity contribution is 0.607. The Labute approximate surface area is 122 Å². The molecule has 1 aromatic carbocycles. The van der Waals surface area contributed by atoms with Crippen molar-refractivity contribution in [1.82, 2.24) is 9.97 Å². The summed E-state index contributed by atoms with van der Waals surface area (Å²) in [6.07, 6.45) is 0. The van der Waals surface area contributed by atoms with Crippen LogP contribution in [0.2, 0.25) is 0 Å². The first-order valence-corrected chi connectivity index (χ1v) is 6.45. The van der Waals surface area contributed by atoms with Crippen LogP contribution in [0.1, 0.15) is 11.3 Å². The van der Waals surface area contributed by atoms with Crippen LogP contribution in [0.4, 0.5) is 10.2 Å². The van der Waals surface area contributed by atoms with Crippen molar-refractivity contribution >= 4 is 21.7 Å². The van der Waals surface area contributed by atoms with E-state index in [1.807, 2.05) is 6.07 Å². The molecule has 0 spiro atoms. The third kappa shape index (κ3) is 3.22. The molecule has 0 unspecified atom stereocenters. The van der Waals surface area contributed by atoms with Crippen LogP contribution in [0, 0.1) is 17.1 Å². The Morgan fingerprint density at radius 3 is 2.95 bits per heavy atom. The van der Waals surface area contributed by atoms with Crippen LogP contribution in [0.15, 0.2) is 33.5 Å². The molecule has 0 bridgehead atoms. The monoisotopic (exact) mass is 336 g/mol. The second-order valence-corrected chi connectivity index (χ2v) is 5.08. The smallest absolute Gasteiger partial charge is 0.347 e. The fourth-order valence-electron chi connectivity index (χ4n) is 1.70. The van der Waals surface area contributed by atoms with Gasteiger partial charge >= 0.3 is 5.69 Å². The number of nitrogens with one attached hydrogen (secondary N) is 1. The van der Waals surface area contributed by atoms with Crippen molar-refractivity contribution in [2.24, 2.45) is 0 Å². The van der Waals surface area contributed by atoms with E-state index in [1.165, 1.54) is 12.1 Å². The van der Waals surface area contributed by atoms with E-state index in [9.17, 15) is 9.18 Å². The molecule has 0 amide bonds. The summed E-state index contributed by atoms with van der Waals surface area (Å²) in [5, 5.41) is 8.81. The molecule has 0 saturated heterocycles. The van der Waals surface area contributed by atoms with Gasteiger partial charge in [0.1, 0.15) is 23.4 Å². The lowest BCUT2D eigenvalue weighted by atomic mass is 10.2. The molecule has 102 valence electrons. The van der Waals surface area contributed by atoms with Crippen LogP contribution >= 0.6 is 15.9 Å². The van der Waals surface area contributed by atoms with Crippen molar-refractivity contribution in [2.45, 2.75) is 6.54 Å². The highest BCUT2D eigenvalue weighted by molar-refractivity contribution is 9.10. The Hall–Kier alpha value is -2.20.